The summed E-state index contributed by atoms with van der Waals surface area (Å²) < 4.78 is 1.56. The third kappa shape index (κ3) is 1.56. The van der Waals surface area contributed by atoms with E-state index in [-0.39, 0.29) is 0 Å². The molecule has 14 heavy (non-hydrogen) atoms. The van der Waals surface area contributed by atoms with Crippen molar-refractivity contribution in [3.8, 4) is 5.69 Å². The molecule has 0 unspecified atom stereocenters. The minimum absolute atomic E-state index is 0.431. The molecular formula is C9H7Cl2N3. The van der Waals surface area contributed by atoms with Crippen LogP contribution >= 0.6 is 23.2 Å². The number of rotatable bonds is 1. The Balaban J connectivity index is 2.61. The average Bonchev–Trinajstić information content (AvgIpc) is 2.51. The van der Waals surface area contributed by atoms with E-state index in [4.69, 9.17) is 28.9 Å². The van der Waals surface area contributed by atoms with Crippen molar-refractivity contribution in [2.45, 2.75) is 0 Å². The average molecular weight is 228 g/mol. The minimum Gasteiger partial charge on any atom is -0.382 e. The second-order valence-corrected chi connectivity index (χ2v) is 3.57. The van der Waals surface area contributed by atoms with Gasteiger partial charge in [0.1, 0.15) is 11.5 Å². The van der Waals surface area contributed by atoms with Gasteiger partial charge in [0.25, 0.3) is 0 Å². The van der Waals surface area contributed by atoms with E-state index in [9.17, 15) is 0 Å². The predicted molar refractivity (Wildman–Crippen MR) is 58.0 cm³/mol. The first-order valence-electron chi connectivity index (χ1n) is 3.94. The quantitative estimate of drug-likeness (QED) is 0.815. The van der Waals surface area contributed by atoms with Gasteiger partial charge in [-0.2, -0.15) is 5.10 Å². The molecule has 0 amide bonds. The Morgan fingerprint density at radius 3 is 2.29 bits per heavy atom. The van der Waals surface area contributed by atoms with E-state index in [0.29, 0.717) is 21.6 Å². The molecule has 1 aromatic heterocycles. The zero-order valence-corrected chi connectivity index (χ0v) is 8.63. The number of anilines is 1. The topological polar surface area (TPSA) is 43.8 Å². The Hall–Kier alpha value is -1.19. The standard InChI is InChI=1S/C9H7Cl2N3/c10-6-2-1-3-7(11)9(6)14-5-4-8(12)13-14/h1-5H,(H2,12,13). The summed E-state index contributed by atoms with van der Waals surface area (Å²) in [4.78, 5) is 0. The highest BCUT2D eigenvalue weighted by Gasteiger charge is 2.07. The van der Waals surface area contributed by atoms with Gasteiger partial charge in [0.15, 0.2) is 0 Å². The number of nitrogens with two attached hydrogens (primary N) is 1. The zero-order valence-electron chi connectivity index (χ0n) is 7.11. The number of hydrogen-bond acceptors (Lipinski definition) is 2. The van der Waals surface area contributed by atoms with E-state index >= 15 is 0 Å². The fourth-order valence-electron chi connectivity index (χ4n) is 1.17. The van der Waals surface area contributed by atoms with E-state index in [0.717, 1.165) is 0 Å². The van der Waals surface area contributed by atoms with Gasteiger partial charge in [0.05, 0.1) is 10.0 Å². The Morgan fingerprint density at radius 1 is 1.14 bits per heavy atom. The van der Waals surface area contributed by atoms with Crippen LogP contribution in [0.3, 0.4) is 0 Å². The summed E-state index contributed by atoms with van der Waals surface area (Å²) in [5, 5.41) is 5.11. The fourth-order valence-corrected chi connectivity index (χ4v) is 1.74. The first kappa shape index (κ1) is 9.37. The number of nitrogen functional groups attached to an aromatic ring is 1. The molecule has 2 rings (SSSR count). The summed E-state index contributed by atoms with van der Waals surface area (Å²) in [6.07, 6.45) is 1.71. The van der Waals surface area contributed by atoms with Crippen LogP contribution in [0.4, 0.5) is 5.82 Å². The summed E-state index contributed by atoms with van der Waals surface area (Å²) in [5.41, 5.74) is 6.14. The van der Waals surface area contributed by atoms with E-state index in [1.807, 2.05) is 0 Å². The van der Waals surface area contributed by atoms with Gasteiger partial charge >= 0.3 is 0 Å². The first-order chi connectivity index (χ1) is 6.68. The lowest BCUT2D eigenvalue weighted by Gasteiger charge is -2.05. The normalized spacial score (nSPS) is 10.4. The van der Waals surface area contributed by atoms with Gasteiger partial charge < -0.3 is 5.73 Å². The third-order valence-corrected chi connectivity index (χ3v) is 2.39. The number of para-hydroxylation sites is 1. The van der Waals surface area contributed by atoms with Crippen molar-refractivity contribution in [3.63, 3.8) is 0 Å². The molecule has 0 atom stereocenters. The van der Waals surface area contributed by atoms with E-state index in [1.165, 1.54) is 0 Å². The molecule has 0 aliphatic rings. The summed E-state index contributed by atoms with van der Waals surface area (Å²) in [5.74, 6) is 0.431. The van der Waals surface area contributed by atoms with Gasteiger partial charge in [-0.05, 0) is 12.1 Å². The molecule has 3 nitrogen and oxygen atoms in total. The van der Waals surface area contributed by atoms with Gasteiger partial charge in [-0.1, -0.05) is 29.3 Å². The Kier molecular flexibility index (Phi) is 2.35. The van der Waals surface area contributed by atoms with Gasteiger partial charge in [0, 0.05) is 12.3 Å². The second-order valence-electron chi connectivity index (χ2n) is 2.76. The number of aromatic nitrogens is 2. The highest BCUT2D eigenvalue weighted by molar-refractivity contribution is 6.37. The summed E-state index contributed by atoms with van der Waals surface area (Å²) in [6, 6.07) is 6.96. The van der Waals surface area contributed by atoms with Crippen LogP contribution in [0.1, 0.15) is 0 Å². The molecule has 0 spiro atoms. The largest absolute Gasteiger partial charge is 0.382 e. The van der Waals surface area contributed by atoms with Crippen LogP contribution in [0.15, 0.2) is 30.5 Å². The summed E-state index contributed by atoms with van der Waals surface area (Å²) in [7, 11) is 0. The molecule has 0 aliphatic heterocycles. The van der Waals surface area contributed by atoms with Crippen molar-refractivity contribution in [1.29, 1.82) is 0 Å². The van der Waals surface area contributed by atoms with Gasteiger partial charge in [-0.3, -0.25) is 0 Å². The molecule has 5 heteroatoms. The summed E-state index contributed by atoms with van der Waals surface area (Å²) in [6.45, 7) is 0. The van der Waals surface area contributed by atoms with Crippen LogP contribution in [0.25, 0.3) is 5.69 Å². The fraction of sp³-hybridized carbons (Fsp3) is 0. The SMILES string of the molecule is Nc1ccn(-c2c(Cl)cccc2Cl)n1. The van der Waals surface area contributed by atoms with Crippen molar-refractivity contribution in [1.82, 2.24) is 9.78 Å². The smallest absolute Gasteiger partial charge is 0.145 e. The van der Waals surface area contributed by atoms with Crippen LogP contribution < -0.4 is 5.73 Å². The predicted octanol–water partition coefficient (Wildman–Crippen LogP) is 2.76. The number of benzene rings is 1. The zero-order chi connectivity index (χ0) is 10.1. The molecule has 2 N–H and O–H groups in total. The van der Waals surface area contributed by atoms with Crippen molar-refractivity contribution < 1.29 is 0 Å². The molecule has 2 aromatic rings. The molecule has 1 heterocycles. The van der Waals surface area contributed by atoms with Crippen molar-refractivity contribution >= 4 is 29.0 Å². The van der Waals surface area contributed by atoms with E-state index in [1.54, 1.807) is 35.1 Å². The highest BCUT2D eigenvalue weighted by atomic mass is 35.5. The van der Waals surface area contributed by atoms with Gasteiger partial charge in [-0.25, -0.2) is 4.68 Å². The van der Waals surface area contributed by atoms with E-state index < -0.39 is 0 Å². The Labute approximate surface area is 91.0 Å². The molecule has 0 radical (unpaired) electrons. The third-order valence-electron chi connectivity index (χ3n) is 1.78. The van der Waals surface area contributed by atoms with Crippen molar-refractivity contribution in [3.05, 3.63) is 40.5 Å². The lowest BCUT2D eigenvalue weighted by atomic mass is 10.3. The molecule has 0 saturated heterocycles. The second kappa shape index (κ2) is 3.52. The van der Waals surface area contributed by atoms with Gasteiger partial charge in [0.2, 0.25) is 0 Å². The van der Waals surface area contributed by atoms with Crippen LogP contribution in [0.2, 0.25) is 10.0 Å². The maximum Gasteiger partial charge on any atom is 0.145 e. The molecule has 72 valence electrons. The van der Waals surface area contributed by atoms with Crippen LogP contribution in [0.5, 0.6) is 0 Å². The number of nitrogens with zero attached hydrogens (tertiary/aromatic N) is 2. The number of hydrogen-bond donors (Lipinski definition) is 1. The van der Waals surface area contributed by atoms with Gasteiger partial charge in [-0.15, -0.1) is 0 Å². The van der Waals surface area contributed by atoms with Crippen LogP contribution in [-0.4, -0.2) is 9.78 Å². The minimum atomic E-state index is 0.431. The molecule has 0 saturated carbocycles. The number of halogens is 2. The maximum absolute atomic E-state index is 5.99. The first-order valence-corrected chi connectivity index (χ1v) is 4.69. The lowest BCUT2D eigenvalue weighted by molar-refractivity contribution is 0.886. The lowest BCUT2D eigenvalue weighted by Crippen LogP contribution is -1.97. The molecule has 0 bridgehead atoms. The maximum atomic E-state index is 5.99. The van der Waals surface area contributed by atoms with Crippen molar-refractivity contribution in [2.75, 3.05) is 5.73 Å². The monoisotopic (exact) mass is 227 g/mol. The van der Waals surface area contributed by atoms with Crippen LogP contribution in [0, 0.1) is 0 Å². The Bertz CT molecular complexity index is 445. The molecular weight excluding hydrogens is 221 g/mol. The van der Waals surface area contributed by atoms with Crippen molar-refractivity contribution in [2.24, 2.45) is 0 Å². The molecule has 1 aromatic carbocycles. The summed E-state index contributed by atoms with van der Waals surface area (Å²) >= 11 is 12.0. The molecule has 0 aliphatic carbocycles. The highest BCUT2D eigenvalue weighted by Crippen LogP contribution is 2.27. The van der Waals surface area contributed by atoms with Crippen LogP contribution in [-0.2, 0) is 0 Å². The molecule has 0 fully saturated rings. The Morgan fingerprint density at radius 2 is 1.79 bits per heavy atom. The van der Waals surface area contributed by atoms with E-state index in [2.05, 4.69) is 5.10 Å².